The summed E-state index contributed by atoms with van der Waals surface area (Å²) in [5.41, 5.74) is 7.72. The van der Waals surface area contributed by atoms with E-state index in [2.05, 4.69) is 122 Å². The molecule has 0 bridgehead atoms. The average molecular weight is 578 g/mol. The molecular weight excluding hydrogens is 506 g/mol. The normalized spacial score (nSPS) is 15.3. The first-order valence-electron chi connectivity index (χ1n) is 17.4. The summed E-state index contributed by atoms with van der Waals surface area (Å²) in [6, 6.07) is 16.6. The molecule has 0 amide bonds. The number of hydrogen-bond acceptors (Lipinski definition) is 1. The molecule has 2 atom stereocenters. The van der Waals surface area contributed by atoms with Gasteiger partial charge in [-0.1, -0.05) is 117 Å². The Hall–Kier alpha value is -2.28. The summed E-state index contributed by atoms with van der Waals surface area (Å²) in [6.45, 7) is 35.1. The van der Waals surface area contributed by atoms with E-state index in [4.69, 9.17) is 0 Å². The van der Waals surface area contributed by atoms with Crippen LogP contribution in [0.1, 0.15) is 136 Å². The van der Waals surface area contributed by atoms with E-state index < -0.39 is 0 Å². The number of aryl methyl sites for hydroxylation is 4. The Balaban J connectivity index is 0. The Morgan fingerprint density at radius 2 is 1.43 bits per heavy atom. The molecule has 2 unspecified atom stereocenters. The van der Waals surface area contributed by atoms with E-state index in [-0.39, 0.29) is 0 Å². The fourth-order valence-corrected chi connectivity index (χ4v) is 6.33. The lowest BCUT2D eigenvalue weighted by Gasteiger charge is -2.30. The minimum absolute atomic E-state index is 0.556. The monoisotopic (exact) mass is 578 g/mol. The van der Waals surface area contributed by atoms with Crippen molar-refractivity contribution in [1.29, 1.82) is 0 Å². The smallest absolute Gasteiger partial charge is 0.0371 e. The van der Waals surface area contributed by atoms with Crippen molar-refractivity contribution in [2.75, 3.05) is 11.4 Å². The zero-order valence-corrected chi connectivity index (χ0v) is 30.1. The lowest BCUT2D eigenvalue weighted by molar-refractivity contribution is 0.262. The van der Waals surface area contributed by atoms with Gasteiger partial charge in [0.15, 0.2) is 0 Å². The van der Waals surface area contributed by atoms with Crippen LogP contribution in [0.15, 0.2) is 68.3 Å². The fraction of sp³-hybridized carbons (Fsp3) is 0.610. The van der Waals surface area contributed by atoms with Gasteiger partial charge in [0.05, 0.1) is 0 Å². The van der Waals surface area contributed by atoms with E-state index in [0.29, 0.717) is 17.4 Å². The number of nitrogens with zero attached hydrogens (tertiary/aromatic N) is 1. The Morgan fingerprint density at radius 1 is 0.857 bits per heavy atom. The van der Waals surface area contributed by atoms with Crippen LogP contribution in [0, 0.1) is 25.2 Å². The van der Waals surface area contributed by atoms with E-state index in [9.17, 15) is 0 Å². The van der Waals surface area contributed by atoms with Crippen LogP contribution in [0.5, 0.6) is 0 Å². The molecule has 0 aliphatic carbocycles. The van der Waals surface area contributed by atoms with E-state index >= 15 is 0 Å². The zero-order chi connectivity index (χ0) is 32.6. The van der Waals surface area contributed by atoms with Crippen LogP contribution in [-0.2, 0) is 12.8 Å². The van der Waals surface area contributed by atoms with Gasteiger partial charge < -0.3 is 4.90 Å². The third-order valence-corrected chi connectivity index (χ3v) is 8.28. The zero-order valence-electron chi connectivity index (χ0n) is 30.1. The maximum Gasteiger partial charge on any atom is 0.0371 e. The molecule has 240 valence electrons. The van der Waals surface area contributed by atoms with E-state index in [1.165, 1.54) is 92.3 Å². The quantitative estimate of drug-likeness (QED) is 0.227. The molecule has 3 rings (SSSR count). The van der Waals surface area contributed by atoms with Gasteiger partial charge in [0.25, 0.3) is 0 Å². The van der Waals surface area contributed by atoms with Gasteiger partial charge >= 0.3 is 0 Å². The van der Waals surface area contributed by atoms with Crippen LogP contribution in [-0.4, -0.2) is 12.6 Å². The van der Waals surface area contributed by atoms with E-state index in [1.54, 1.807) is 0 Å². The van der Waals surface area contributed by atoms with Crippen molar-refractivity contribution in [2.45, 2.75) is 146 Å². The SMILES string of the molecule is C=C.C=CC(CCC)CCc1ccc(C)cc1.CC.CC.CCCC1(CCC)CC(C)N(c2ccc(CC)c(C)c2)C1. The predicted molar refractivity (Wildman–Crippen MR) is 196 cm³/mol. The molecule has 1 heterocycles. The highest BCUT2D eigenvalue weighted by molar-refractivity contribution is 5.53. The summed E-state index contributed by atoms with van der Waals surface area (Å²) in [5.74, 6) is 0.691. The molecule has 1 fully saturated rings. The fourth-order valence-electron chi connectivity index (χ4n) is 6.33. The number of allylic oxidation sites excluding steroid dienone is 1. The summed E-state index contributed by atoms with van der Waals surface area (Å²) in [7, 11) is 0. The standard InChI is InChI=1S/C20H33N.C15H22.2C2H6.C2H4/c1-6-11-20(12-7-2)14-17(5)21(15-20)19-10-9-18(8-3)16(4)13-19;1-4-6-14(5-2)11-12-15-9-7-13(3)8-10-15;3*1-2/h9-10,13,17H,6-8,11-12,14-15H2,1-5H3;5,7-10,14H,2,4,6,11-12H2,1,3H3;2*1-2H3;1-2H2. The summed E-state index contributed by atoms with van der Waals surface area (Å²) < 4.78 is 0. The van der Waals surface area contributed by atoms with Gasteiger partial charge in [0.1, 0.15) is 0 Å². The lowest BCUT2D eigenvalue weighted by Crippen LogP contribution is -2.29. The summed E-state index contributed by atoms with van der Waals surface area (Å²) in [5, 5.41) is 0. The molecule has 2 aromatic rings. The van der Waals surface area contributed by atoms with Gasteiger partial charge in [-0.25, -0.2) is 0 Å². The van der Waals surface area contributed by atoms with Gasteiger partial charge in [0.2, 0.25) is 0 Å². The highest BCUT2D eigenvalue weighted by Gasteiger charge is 2.40. The maximum atomic E-state index is 3.91. The lowest BCUT2D eigenvalue weighted by atomic mass is 9.77. The van der Waals surface area contributed by atoms with Gasteiger partial charge in [-0.15, -0.1) is 19.7 Å². The van der Waals surface area contributed by atoms with Crippen molar-refractivity contribution >= 4 is 5.69 Å². The number of rotatable bonds is 12. The molecular formula is C41H71N. The van der Waals surface area contributed by atoms with Crippen molar-refractivity contribution in [3.05, 3.63) is 90.5 Å². The second kappa shape index (κ2) is 25.2. The molecule has 0 saturated carbocycles. The summed E-state index contributed by atoms with van der Waals surface area (Å²) in [4.78, 5) is 2.66. The second-order valence-electron chi connectivity index (χ2n) is 11.5. The second-order valence-corrected chi connectivity index (χ2v) is 11.5. The van der Waals surface area contributed by atoms with Crippen molar-refractivity contribution in [3.63, 3.8) is 0 Å². The highest BCUT2D eigenvalue weighted by Crippen LogP contribution is 2.44. The highest BCUT2D eigenvalue weighted by atomic mass is 15.2. The van der Waals surface area contributed by atoms with Crippen molar-refractivity contribution < 1.29 is 0 Å². The molecule has 0 radical (unpaired) electrons. The molecule has 1 saturated heterocycles. The molecule has 1 aliphatic rings. The van der Waals surface area contributed by atoms with Crippen molar-refractivity contribution in [1.82, 2.24) is 0 Å². The first-order chi connectivity index (χ1) is 20.3. The summed E-state index contributed by atoms with van der Waals surface area (Å²) in [6.07, 6.45) is 14.9. The Bertz CT molecular complexity index is 903. The number of anilines is 1. The minimum atomic E-state index is 0.556. The third-order valence-electron chi connectivity index (χ3n) is 8.28. The molecule has 0 aromatic heterocycles. The molecule has 1 aliphatic heterocycles. The Kier molecular flexibility index (Phi) is 25.2. The first-order valence-corrected chi connectivity index (χ1v) is 17.4. The topological polar surface area (TPSA) is 3.24 Å². The molecule has 0 N–H and O–H groups in total. The Labute approximate surface area is 264 Å². The van der Waals surface area contributed by atoms with Gasteiger partial charge in [-0.05, 0) is 106 Å². The molecule has 1 heteroatoms. The predicted octanol–water partition coefficient (Wildman–Crippen LogP) is 13.1. The van der Waals surface area contributed by atoms with Crippen LogP contribution >= 0.6 is 0 Å². The van der Waals surface area contributed by atoms with Gasteiger partial charge in [0, 0.05) is 18.3 Å². The molecule has 0 spiro atoms. The van der Waals surface area contributed by atoms with Gasteiger partial charge in [-0.2, -0.15) is 0 Å². The van der Waals surface area contributed by atoms with Crippen LogP contribution in [0.25, 0.3) is 0 Å². The molecule has 2 aromatic carbocycles. The van der Waals surface area contributed by atoms with Crippen LogP contribution < -0.4 is 4.90 Å². The summed E-state index contributed by atoms with van der Waals surface area (Å²) >= 11 is 0. The molecule has 1 nitrogen and oxygen atoms in total. The van der Waals surface area contributed by atoms with Crippen LogP contribution in [0.3, 0.4) is 0 Å². The number of benzene rings is 2. The van der Waals surface area contributed by atoms with Gasteiger partial charge in [-0.3, -0.25) is 0 Å². The van der Waals surface area contributed by atoms with Crippen LogP contribution in [0.4, 0.5) is 5.69 Å². The molecule has 42 heavy (non-hydrogen) atoms. The maximum absolute atomic E-state index is 3.91. The van der Waals surface area contributed by atoms with Crippen LogP contribution in [0.2, 0.25) is 0 Å². The minimum Gasteiger partial charge on any atom is -0.368 e. The first kappa shape index (κ1) is 41.9. The van der Waals surface area contributed by atoms with E-state index in [1.807, 2.05) is 27.7 Å². The average Bonchev–Trinajstić information content (AvgIpc) is 3.35. The largest absolute Gasteiger partial charge is 0.368 e. The Morgan fingerprint density at radius 3 is 1.88 bits per heavy atom. The van der Waals surface area contributed by atoms with Crippen molar-refractivity contribution in [2.24, 2.45) is 11.3 Å². The van der Waals surface area contributed by atoms with Crippen molar-refractivity contribution in [3.8, 4) is 0 Å². The third kappa shape index (κ3) is 14.8. The van der Waals surface area contributed by atoms with E-state index in [0.717, 1.165) is 6.42 Å². The number of hydrogen-bond donors (Lipinski definition) is 0.